The number of urea groups is 1. The third-order valence-corrected chi connectivity index (χ3v) is 6.55. The van der Waals surface area contributed by atoms with Crippen molar-refractivity contribution < 1.29 is 23.9 Å². The van der Waals surface area contributed by atoms with Gasteiger partial charge in [0.1, 0.15) is 6.04 Å². The van der Waals surface area contributed by atoms with Crippen LogP contribution in [0.3, 0.4) is 0 Å². The average molecular weight is 490 g/mol. The molecular weight excluding hydrogens is 450 g/mol. The van der Waals surface area contributed by atoms with Crippen LogP contribution in [-0.4, -0.2) is 78.6 Å². The summed E-state index contributed by atoms with van der Waals surface area (Å²) in [5.74, 6) is 0.706. The Hall–Kier alpha value is -3.01. The first-order valence-corrected chi connectivity index (χ1v) is 12.3. The molecule has 0 radical (unpaired) electrons. The molecule has 2 aliphatic heterocycles. The number of hydrogen-bond acceptors (Lipinski definition) is 6. The molecule has 194 valence electrons. The molecule has 0 aliphatic carbocycles. The number of hydrazine groups is 1. The summed E-state index contributed by atoms with van der Waals surface area (Å²) in [7, 11) is 3.13. The van der Waals surface area contributed by atoms with Gasteiger partial charge in [-0.1, -0.05) is 26.3 Å². The fourth-order valence-electron chi connectivity index (χ4n) is 4.92. The van der Waals surface area contributed by atoms with Crippen molar-refractivity contribution in [3.63, 3.8) is 0 Å². The van der Waals surface area contributed by atoms with Gasteiger partial charge in [-0.15, -0.1) is 0 Å². The number of hydrogen-bond donors (Lipinski definition) is 2. The molecule has 0 saturated carbocycles. The van der Waals surface area contributed by atoms with Crippen LogP contribution in [0.5, 0.6) is 11.5 Å². The van der Waals surface area contributed by atoms with Crippen LogP contribution in [0.2, 0.25) is 0 Å². The van der Waals surface area contributed by atoms with Crippen molar-refractivity contribution in [2.24, 2.45) is 11.7 Å². The van der Waals surface area contributed by atoms with E-state index in [1.54, 1.807) is 30.1 Å². The van der Waals surface area contributed by atoms with Crippen LogP contribution in [0.1, 0.15) is 51.5 Å². The normalized spacial score (nSPS) is 21.2. The highest BCUT2D eigenvalue weighted by atomic mass is 16.5. The van der Waals surface area contributed by atoms with Gasteiger partial charge in [-0.05, 0) is 42.9 Å². The number of carbonyl (C=O) groups excluding carboxylic acids is 3. The van der Waals surface area contributed by atoms with E-state index in [0.717, 1.165) is 37.9 Å². The van der Waals surface area contributed by atoms with Crippen LogP contribution >= 0.6 is 0 Å². The molecule has 2 aliphatic rings. The molecule has 2 saturated heterocycles. The van der Waals surface area contributed by atoms with Gasteiger partial charge in [-0.2, -0.15) is 0 Å². The highest BCUT2D eigenvalue weighted by Crippen LogP contribution is 2.30. The predicted octanol–water partition coefficient (Wildman–Crippen LogP) is 2.12. The minimum atomic E-state index is -0.682. The zero-order valence-corrected chi connectivity index (χ0v) is 21.3. The molecule has 3 rings (SSSR count). The first-order valence-electron chi connectivity index (χ1n) is 12.3. The maximum Gasteiger partial charge on any atom is 0.332 e. The number of piperazine rings is 1. The van der Waals surface area contributed by atoms with Crippen molar-refractivity contribution in [3.05, 3.63) is 23.8 Å². The molecule has 2 heterocycles. The Morgan fingerprint density at radius 3 is 2.40 bits per heavy atom. The first kappa shape index (κ1) is 26.6. The largest absolute Gasteiger partial charge is 0.493 e. The van der Waals surface area contributed by atoms with Gasteiger partial charge in [0.25, 0.3) is 0 Å². The molecule has 35 heavy (non-hydrogen) atoms. The molecule has 0 unspecified atom stereocenters. The number of carbonyl (C=O) groups is 3. The molecule has 10 heteroatoms. The molecular formula is C25H39N5O5. The lowest BCUT2D eigenvalue weighted by Crippen LogP contribution is -2.67. The third-order valence-electron chi connectivity index (χ3n) is 6.55. The molecule has 0 bridgehead atoms. The quantitative estimate of drug-likeness (QED) is 0.549. The van der Waals surface area contributed by atoms with Gasteiger partial charge in [0.05, 0.1) is 20.3 Å². The number of nitrogens with one attached hydrogen (secondary N) is 1. The van der Waals surface area contributed by atoms with Crippen LogP contribution in [0.15, 0.2) is 18.2 Å². The number of piperidine rings is 1. The van der Waals surface area contributed by atoms with Crippen molar-refractivity contribution in [2.45, 2.75) is 64.6 Å². The van der Waals surface area contributed by atoms with Crippen LogP contribution in [0.4, 0.5) is 4.79 Å². The van der Waals surface area contributed by atoms with E-state index in [1.165, 1.54) is 0 Å². The summed E-state index contributed by atoms with van der Waals surface area (Å²) >= 11 is 0. The van der Waals surface area contributed by atoms with Crippen molar-refractivity contribution in [1.82, 2.24) is 20.2 Å². The lowest BCUT2D eigenvalue weighted by atomic mass is 9.95. The number of amides is 4. The maximum absolute atomic E-state index is 13.7. The molecule has 4 amide bonds. The molecule has 2 atom stereocenters. The lowest BCUT2D eigenvalue weighted by Gasteiger charge is -2.47. The molecule has 0 aromatic heterocycles. The highest BCUT2D eigenvalue weighted by Gasteiger charge is 2.44. The van der Waals surface area contributed by atoms with E-state index in [-0.39, 0.29) is 30.8 Å². The van der Waals surface area contributed by atoms with E-state index >= 15 is 0 Å². The molecule has 1 aromatic carbocycles. The van der Waals surface area contributed by atoms with E-state index in [1.807, 2.05) is 31.0 Å². The Labute approximate surface area is 207 Å². The summed E-state index contributed by atoms with van der Waals surface area (Å²) in [6, 6.07) is 3.97. The van der Waals surface area contributed by atoms with Gasteiger partial charge < -0.3 is 25.0 Å². The molecule has 2 fully saturated rings. The second kappa shape index (κ2) is 12.1. The van der Waals surface area contributed by atoms with Gasteiger partial charge in [0.15, 0.2) is 11.5 Å². The van der Waals surface area contributed by atoms with Crippen LogP contribution in [0.25, 0.3) is 0 Å². The summed E-state index contributed by atoms with van der Waals surface area (Å²) < 4.78 is 10.7. The minimum absolute atomic E-state index is 0.0161. The number of primary amides is 1. The maximum atomic E-state index is 13.7. The number of ether oxygens (including phenoxy) is 2. The Morgan fingerprint density at radius 2 is 1.80 bits per heavy atom. The lowest BCUT2D eigenvalue weighted by molar-refractivity contribution is -0.145. The second-order valence-corrected chi connectivity index (χ2v) is 9.75. The van der Waals surface area contributed by atoms with Gasteiger partial charge in [0.2, 0.25) is 11.8 Å². The van der Waals surface area contributed by atoms with Crippen LogP contribution < -0.4 is 20.6 Å². The fraction of sp³-hybridized carbons (Fsp3) is 0.640. The number of nitrogens with zero attached hydrogens (tertiary/aromatic N) is 3. The van der Waals surface area contributed by atoms with Gasteiger partial charge in [-0.3, -0.25) is 15.0 Å². The van der Waals surface area contributed by atoms with Gasteiger partial charge in [0, 0.05) is 32.6 Å². The highest BCUT2D eigenvalue weighted by molar-refractivity contribution is 5.89. The van der Waals surface area contributed by atoms with E-state index in [0.29, 0.717) is 24.5 Å². The molecule has 10 nitrogen and oxygen atoms in total. The summed E-state index contributed by atoms with van der Waals surface area (Å²) in [6.07, 6.45) is 3.64. The number of nitrogens with two attached hydrogens (primary N) is 1. The zero-order chi connectivity index (χ0) is 25.5. The number of methoxy groups -OCH3 is 2. The summed E-state index contributed by atoms with van der Waals surface area (Å²) in [4.78, 5) is 42.4. The van der Waals surface area contributed by atoms with E-state index < -0.39 is 18.0 Å². The molecule has 3 N–H and O–H groups in total. The summed E-state index contributed by atoms with van der Waals surface area (Å²) in [6.45, 7) is 6.13. The Morgan fingerprint density at radius 1 is 1.11 bits per heavy atom. The smallest absolute Gasteiger partial charge is 0.332 e. The monoisotopic (exact) mass is 489 g/mol. The third kappa shape index (κ3) is 6.78. The standard InChI is InChI=1S/C25H39N5O5/c1-17(2)12-20-24(32)28(15-18-8-9-21(34-3)22(13-18)35-4)16-19(14-23(26)31)30(20)25(33)27-29-10-6-5-7-11-29/h8-9,13,17,19-20H,5-7,10-12,14-16H2,1-4H3,(H2,26,31)(H,27,33)/t19-,20-/m1/s1. The first-order chi connectivity index (χ1) is 16.7. The van der Waals surface area contributed by atoms with E-state index in [4.69, 9.17) is 15.2 Å². The molecule has 0 spiro atoms. The topological polar surface area (TPSA) is 117 Å². The van der Waals surface area contributed by atoms with E-state index in [2.05, 4.69) is 5.43 Å². The fourth-order valence-corrected chi connectivity index (χ4v) is 4.92. The Bertz CT molecular complexity index is 902. The van der Waals surface area contributed by atoms with Crippen molar-refractivity contribution in [3.8, 4) is 11.5 Å². The average Bonchev–Trinajstić information content (AvgIpc) is 2.81. The summed E-state index contributed by atoms with van der Waals surface area (Å²) in [5.41, 5.74) is 9.42. The number of rotatable bonds is 9. The molecule has 1 aromatic rings. The summed E-state index contributed by atoms with van der Waals surface area (Å²) in [5, 5.41) is 1.90. The van der Waals surface area contributed by atoms with Crippen molar-refractivity contribution in [2.75, 3.05) is 33.9 Å². The second-order valence-electron chi connectivity index (χ2n) is 9.75. The zero-order valence-electron chi connectivity index (χ0n) is 21.3. The van der Waals surface area contributed by atoms with E-state index in [9.17, 15) is 14.4 Å². The Balaban J connectivity index is 1.87. The predicted molar refractivity (Wildman–Crippen MR) is 132 cm³/mol. The van der Waals surface area contributed by atoms with Crippen molar-refractivity contribution >= 4 is 17.8 Å². The van der Waals surface area contributed by atoms with Gasteiger partial charge >= 0.3 is 6.03 Å². The Kier molecular flexibility index (Phi) is 9.20. The van der Waals surface area contributed by atoms with Crippen LogP contribution in [0, 0.1) is 5.92 Å². The minimum Gasteiger partial charge on any atom is -0.493 e. The van der Waals surface area contributed by atoms with Gasteiger partial charge in [-0.25, -0.2) is 9.80 Å². The SMILES string of the molecule is COc1ccc(CN2C[C@@H](CC(N)=O)N(C(=O)NN3CCCCC3)[C@H](CC(C)C)C2=O)cc1OC. The van der Waals surface area contributed by atoms with Crippen molar-refractivity contribution in [1.29, 1.82) is 0 Å². The van der Waals surface area contributed by atoms with Crippen LogP contribution in [-0.2, 0) is 16.1 Å². The number of benzene rings is 1.